The number of amides is 2. The number of ether oxygens (including phenoxy) is 2. The quantitative estimate of drug-likeness (QED) is 0.608. The van der Waals surface area contributed by atoms with E-state index in [-0.39, 0.29) is 17.7 Å². The third kappa shape index (κ3) is 5.64. The zero-order valence-electron chi connectivity index (χ0n) is 18.6. The summed E-state index contributed by atoms with van der Waals surface area (Å²) in [7, 11) is 1.66. The molecule has 166 valence electrons. The predicted molar refractivity (Wildman–Crippen MR) is 121 cm³/mol. The first kappa shape index (κ1) is 22.8. The molecule has 0 aromatic heterocycles. The molecule has 0 bridgehead atoms. The molecule has 1 N–H and O–H groups in total. The van der Waals surface area contributed by atoms with E-state index in [1.54, 1.807) is 7.11 Å². The van der Waals surface area contributed by atoms with Crippen LogP contribution in [0.4, 0.5) is 5.69 Å². The lowest BCUT2D eigenvalue weighted by Gasteiger charge is -2.23. The van der Waals surface area contributed by atoms with E-state index in [2.05, 4.69) is 5.32 Å². The van der Waals surface area contributed by atoms with Crippen LogP contribution in [0.5, 0.6) is 5.75 Å². The Morgan fingerprint density at radius 2 is 2.00 bits per heavy atom. The number of methoxy groups -OCH3 is 1. The van der Waals surface area contributed by atoms with E-state index in [0.29, 0.717) is 44.0 Å². The third-order valence-corrected chi connectivity index (χ3v) is 5.62. The number of nitrogens with one attached hydrogen (secondary N) is 1. The van der Waals surface area contributed by atoms with Crippen molar-refractivity contribution in [1.82, 2.24) is 4.90 Å². The molecule has 31 heavy (non-hydrogen) atoms. The highest BCUT2D eigenvalue weighted by Gasteiger charge is 2.30. The summed E-state index contributed by atoms with van der Waals surface area (Å²) >= 11 is 0. The fourth-order valence-electron chi connectivity index (χ4n) is 3.92. The van der Waals surface area contributed by atoms with Gasteiger partial charge in [-0.2, -0.15) is 0 Å². The molecule has 6 heteroatoms. The van der Waals surface area contributed by atoms with E-state index in [4.69, 9.17) is 9.47 Å². The molecule has 0 fully saturated rings. The summed E-state index contributed by atoms with van der Waals surface area (Å²) in [5.41, 5.74) is 2.61. The highest BCUT2D eigenvalue weighted by atomic mass is 16.5. The molecule has 2 unspecified atom stereocenters. The Bertz CT molecular complexity index is 884. The first-order valence-electron chi connectivity index (χ1n) is 11.0. The van der Waals surface area contributed by atoms with Crippen molar-refractivity contribution in [3.63, 3.8) is 0 Å². The molecule has 0 saturated carbocycles. The van der Waals surface area contributed by atoms with E-state index in [9.17, 15) is 9.59 Å². The van der Waals surface area contributed by atoms with Gasteiger partial charge in [0.15, 0.2) is 6.10 Å². The average Bonchev–Trinajstić information content (AvgIpc) is 2.91. The van der Waals surface area contributed by atoms with Crippen LogP contribution in [0.15, 0.2) is 48.5 Å². The topological polar surface area (TPSA) is 67.9 Å². The SMILES string of the molecule is CCC1Oc2ccc(NC(=O)C(CC)c3ccccc3)cc2CN(CCCOC)C1=O. The minimum Gasteiger partial charge on any atom is -0.480 e. The first-order valence-corrected chi connectivity index (χ1v) is 11.0. The van der Waals surface area contributed by atoms with E-state index >= 15 is 0 Å². The van der Waals surface area contributed by atoms with Gasteiger partial charge >= 0.3 is 0 Å². The van der Waals surface area contributed by atoms with Gasteiger partial charge in [-0.1, -0.05) is 44.2 Å². The average molecular weight is 425 g/mol. The van der Waals surface area contributed by atoms with Crippen LogP contribution in [0.3, 0.4) is 0 Å². The Morgan fingerprint density at radius 1 is 1.23 bits per heavy atom. The Hall–Kier alpha value is -2.86. The van der Waals surface area contributed by atoms with Crippen LogP contribution < -0.4 is 10.1 Å². The molecule has 6 nitrogen and oxygen atoms in total. The second-order valence-electron chi connectivity index (χ2n) is 7.80. The number of hydrogen-bond donors (Lipinski definition) is 1. The van der Waals surface area contributed by atoms with Crippen LogP contribution in [0.2, 0.25) is 0 Å². The molecule has 1 heterocycles. The van der Waals surface area contributed by atoms with Crippen molar-refractivity contribution in [2.75, 3.05) is 25.6 Å². The highest BCUT2D eigenvalue weighted by molar-refractivity contribution is 5.96. The summed E-state index contributed by atoms with van der Waals surface area (Å²) in [5, 5.41) is 3.05. The van der Waals surface area contributed by atoms with Gasteiger partial charge in [0.2, 0.25) is 5.91 Å². The fourth-order valence-corrected chi connectivity index (χ4v) is 3.92. The maximum atomic E-state index is 12.9. The van der Waals surface area contributed by atoms with Crippen molar-refractivity contribution >= 4 is 17.5 Å². The van der Waals surface area contributed by atoms with Crippen LogP contribution in [-0.2, 0) is 20.9 Å². The van der Waals surface area contributed by atoms with Gasteiger partial charge in [0, 0.05) is 38.1 Å². The minimum atomic E-state index is -0.494. The second-order valence-corrected chi connectivity index (χ2v) is 7.80. The number of fused-ring (bicyclic) bond motifs is 1. The van der Waals surface area contributed by atoms with Gasteiger partial charge in [0.1, 0.15) is 5.75 Å². The molecule has 0 radical (unpaired) electrons. The molecule has 2 amide bonds. The van der Waals surface area contributed by atoms with Crippen molar-refractivity contribution in [2.24, 2.45) is 0 Å². The molecule has 3 rings (SSSR count). The Labute approximate surface area is 184 Å². The predicted octanol–water partition coefficient (Wildman–Crippen LogP) is 4.36. The number of anilines is 1. The van der Waals surface area contributed by atoms with Crippen LogP contribution >= 0.6 is 0 Å². The normalized spacial score (nSPS) is 16.8. The minimum absolute atomic E-state index is 0.00415. The monoisotopic (exact) mass is 424 g/mol. The summed E-state index contributed by atoms with van der Waals surface area (Å²) in [4.78, 5) is 27.6. The van der Waals surface area contributed by atoms with E-state index in [1.165, 1.54) is 0 Å². The molecule has 1 aliphatic rings. The van der Waals surface area contributed by atoms with E-state index < -0.39 is 6.10 Å². The first-order chi connectivity index (χ1) is 15.1. The molecule has 0 aliphatic carbocycles. The lowest BCUT2D eigenvalue weighted by molar-refractivity contribution is -0.138. The molecule has 2 aromatic rings. The number of carbonyl (C=O) groups excluding carboxylic acids is 2. The number of hydrogen-bond acceptors (Lipinski definition) is 4. The zero-order valence-corrected chi connectivity index (χ0v) is 18.6. The van der Waals surface area contributed by atoms with Crippen LogP contribution in [-0.4, -0.2) is 43.1 Å². The van der Waals surface area contributed by atoms with Gasteiger partial charge in [-0.15, -0.1) is 0 Å². The molecule has 0 saturated heterocycles. The summed E-state index contributed by atoms with van der Waals surface area (Å²) in [5.74, 6) is 0.438. The van der Waals surface area contributed by atoms with Crippen molar-refractivity contribution < 1.29 is 19.1 Å². The number of benzene rings is 2. The zero-order chi connectivity index (χ0) is 22.2. The fraction of sp³-hybridized carbons (Fsp3) is 0.440. The standard InChI is InChI=1S/C25H32N2O4/c1-4-21(18-10-7-6-8-11-18)24(28)26-20-12-13-23-19(16-20)17-27(14-9-15-30-3)25(29)22(5-2)31-23/h6-8,10-13,16,21-22H,4-5,9,14-15,17H2,1-3H3,(H,26,28). The van der Waals surface area contributed by atoms with Crippen molar-refractivity contribution in [1.29, 1.82) is 0 Å². The van der Waals surface area contributed by atoms with Gasteiger partial charge in [-0.25, -0.2) is 0 Å². The Kier molecular flexibility index (Phi) is 8.06. The number of nitrogens with zero attached hydrogens (tertiary/aromatic N) is 1. The van der Waals surface area contributed by atoms with Gasteiger partial charge in [-0.3, -0.25) is 9.59 Å². The van der Waals surface area contributed by atoms with Gasteiger partial charge in [0.25, 0.3) is 5.91 Å². The Balaban J connectivity index is 1.79. The van der Waals surface area contributed by atoms with Crippen molar-refractivity contribution in [3.8, 4) is 5.75 Å². The van der Waals surface area contributed by atoms with Crippen LogP contribution in [0.25, 0.3) is 0 Å². The van der Waals surface area contributed by atoms with Crippen molar-refractivity contribution in [2.45, 2.75) is 51.7 Å². The third-order valence-electron chi connectivity index (χ3n) is 5.62. The molecular formula is C25H32N2O4. The molecular weight excluding hydrogens is 392 g/mol. The molecule has 2 aromatic carbocycles. The summed E-state index contributed by atoms with van der Waals surface area (Å²) in [6.45, 7) is 5.62. The maximum Gasteiger partial charge on any atom is 0.263 e. The van der Waals surface area contributed by atoms with E-state index in [1.807, 2.05) is 67.3 Å². The number of rotatable bonds is 9. The molecule has 1 aliphatic heterocycles. The number of carbonyl (C=O) groups is 2. The Morgan fingerprint density at radius 3 is 2.68 bits per heavy atom. The van der Waals surface area contributed by atoms with Gasteiger partial charge in [-0.05, 0) is 43.0 Å². The largest absolute Gasteiger partial charge is 0.480 e. The van der Waals surface area contributed by atoms with Gasteiger partial charge < -0.3 is 19.7 Å². The lowest BCUT2D eigenvalue weighted by Crippen LogP contribution is -2.40. The van der Waals surface area contributed by atoms with Crippen LogP contribution in [0.1, 0.15) is 50.2 Å². The second kappa shape index (κ2) is 11.0. The maximum absolute atomic E-state index is 12.9. The van der Waals surface area contributed by atoms with Gasteiger partial charge in [0.05, 0.1) is 5.92 Å². The summed E-state index contributed by atoms with van der Waals surface area (Å²) < 4.78 is 11.2. The van der Waals surface area contributed by atoms with Crippen molar-refractivity contribution in [3.05, 3.63) is 59.7 Å². The highest BCUT2D eigenvalue weighted by Crippen LogP contribution is 2.30. The lowest BCUT2D eigenvalue weighted by atomic mass is 9.95. The summed E-state index contributed by atoms with van der Waals surface area (Å²) in [6.07, 6.45) is 1.59. The smallest absolute Gasteiger partial charge is 0.263 e. The van der Waals surface area contributed by atoms with Crippen LogP contribution in [0, 0.1) is 0 Å². The summed E-state index contributed by atoms with van der Waals surface area (Å²) in [6, 6.07) is 15.4. The van der Waals surface area contributed by atoms with E-state index in [0.717, 1.165) is 17.5 Å². The molecule has 2 atom stereocenters. The molecule has 0 spiro atoms.